The predicted molar refractivity (Wildman–Crippen MR) is 59.5 cm³/mol. The summed E-state index contributed by atoms with van der Waals surface area (Å²) in [7, 11) is 0. The van der Waals surface area contributed by atoms with Gasteiger partial charge in [0.25, 0.3) is 0 Å². The van der Waals surface area contributed by atoms with Crippen LogP contribution in [0.25, 0.3) is 0 Å². The molecule has 3 heteroatoms. The molecule has 1 saturated heterocycles. The van der Waals surface area contributed by atoms with Crippen LogP contribution in [0.5, 0.6) is 0 Å². The van der Waals surface area contributed by atoms with Gasteiger partial charge in [0.2, 0.25) is 0 Å². The Kier molecular flexibility index (Phi) is 3.46. The van der Waals surface area contributed by atoms with Gasteiger partial charge in [0.15, 0.2) is 0 Å². The molecule has 3 nitrogen and oxygen atoms in total. The Hall–Kier alpha value is -0.960. The van der Waals surface area contributed by atoms with Crippen LogP contribution in [-0.2, 0) is 0 Å². The van der Waals surface area contributed by atoms with Gasteiger partial charge in [-0.2, -0.15) is 0 Å². The maximum atomic E-state index is 3.40. The molecular weight excluding hydrogens is 174 g/mol. The largest absolute Gasteiger partial charge is 0.372 e. The number of hydrogen-bond acceptors (Lipinski definition) is 2. The molecule has 0 aromatic carbocycles. The van der Waals surface area contributed by atoms with Crippen molar-refractivity contribution in [3.05, 3.63) is 18.3 Å². The van der Waals surface area contributed by atoms with Crippen LogP contribution in [0.1, 0.15) is 19.3 Å². The second-order valence-corrected chi connectivity index (χ2v) is 3.99. The molecule has 78 valence electrons. The molecule has 1 fully saturated rings. The van der Waals surface area contributed by atoms with Crippen molar-refractivity contribution in [2.24, 2.45) is 5.92 Å². The average molecular weight is 193 g/mol. The van der Waals surface area contributed by atoms with Crippen molar-refractivity contribution < 1.29 is 0 Å². The van der Waals surface area contributed by atoms with Crippen molar-refractivity contribution >= 4 is 5.82 Å². The second-order valence-electron chi connectivity index (χ2n) is 3.99. The summed E-state index contributed by atoms with van der Waals surface area (Å²) in [5, 5.41) is 6.79. The van der Waals surface area contributed by atoms with E-state index in [0.29, 0.717) is 0 Å². The topological polar surface area (TPSA) is 39.9 Å². The van der Waals surface area contributed by atoms with Crippen molar-refractivity contribution in [2.75, 3.05) is 25.0 Å². The molecule has 0 radical (unpaired) electrons. The molecule has 2 heterocycles. The highest BCUT2D eigenvalue weighted by Gasteiger charge is 2.11. The monoisotopic (exact) mass is 193 g/mol. The van der Waals surface area contributed by atoms with E-state index in [4.69, 9.17) is 0 Å². The van der Waals surface area contributed by atoms with E-state index in [1.807, 2.05) is 12.3 Å². The van der Waals surface area contributed by atoms with Crippen LogP contribution in [0.15, 0.2) is 18.3 Å². The fourth-order valence-electron chi connectivity index (χ4n) is 2.02. The number of aromatic amines is 1. The van der Waals surface area contributed by atoms with E-state index in [1.165, 1.54) is 32.4 Å². The molecule has 0 saturated carbocycles. The first-order chi connectivity index (χ1) is 6.95. The molecule has 1 aromatic heterocycles. The zero-order chi connectivity index (χ0) is 9.64. The standard InChI is InChI=1S/C11H19N3/c1-2-11(13-6-1)14-9-5-10-3-7-12-8-4-10/h1-2,6,10,12-14H,3-5,7-9H2. The summed E-state index contributed by atoms with van der Waals surface area (Å²) in [6.07, 6.45) is 5.92. The van der Waals surface area contributed by atoms with Gasteiger partial charge in [0, 0.05) is 12.7 Å². The summed E-state index contributed by atoms with van der Waals surface area (Å²) in [6.45, 7) is 3.49. The van der Waals surface area contributed by atoms with Crippen molar-refractivity contribution in [3.8, 4) is 0 Å². The van der Waals surface area contributed by atoms with Crippen LogP contribution in [-0.4, -0.2) is 24.6 Å². The summed E-state index contributed by atoms with van der Waals surface area (Å²) in [4.78, 5) is 3.15. The molecule has 0 bridgehead atoms. The van der Waals surface area contributed by atoms with Crippen molar-refractivity contribution in [3.63, 3.8) is 0 Å². The Morgan fingerprint density at radius 2 is 2.21 bits per heavy atom. The molecule has 0 unspecified atom stereocenters. The number of H-pyrrole nitrogens is 1. The summed E-state index contributed by atoms with van der Waals surface area (Å²) >= 11 is 0. The fourth-order valence-corrected chi connectivity index (χ4v) is 2.02. The van der Waals surface area contributed by atoms with E-state index >= 15 is 0 Å². The Balaban J connectivity index is 1.62. The highest BCUT2D eigenvalue weighted by Crippen LogP contribution is 2.15. The van der Waals surface area contributed by atoms with Crippen LogP contribution in [0, 0.1) is 5.92 Å². The van der Waals surface area contributed by atoms with Crippen molar-refractivity contribution in [2.45, 2.75) is 19.3 Å². The van der Waals surface area contributed by atoms with E-state index in [-0.39, 0.29) is 0 Å². The molecule has 1 aromatic rings. The lowest BCUT2D eigenvalue weighted by Crippen LogP contribution is -2.28. The van der Waals surface area contributed by atoms with Gasteiger partial charge in [-0.1, -0.05) is 0 Å². The summed E-state index contributed by atoms with van der Waals surface area (Å²) in [5.41, 5.74) is 0. The Labute approximate surface area is 85.3 Å². The minimum Gasteiger partial charge on any atom is -0.372 e. The molecule has 0 aliphatic carbocycles. The molecule has 2 rings (SSSR count). The third kappa shape index (κ3) is 2.77. The van der Waals surface area contributed by atoms with E-state index in [1.54, 1.807) is 0 Å². The third-order valence-electron chi connectivity index (χ3n) is 2.92. The van der Waals surface area contributed by atoms with Gasteiger partial charge >= 0.3 is 0 Å². The zero-order valence-electron chi connectivity index (χ0n) is 8.55. The van der Waals surface area contributed by atoms with Crippen molar-refractivity contribution in [1.82, 2.24) is 10.3 Å². The summed E-state index contributed by atoms with van der Waals surface area (Å²) in [6, 6.07) is 4.09. The first kappa shape index (κ1) is 9.59. The summed E-state index contributed by atoms with van der Waals surface area (Å²) in [5.74, 6) is 2.05. The minimum absolute atomic E-state index is 0.915. The molecule has 0 spiro atoms. The normalized spacial score (nSPS) is 18.3. The van der Waals surface area contributed by atoms with Gasteiger partial charge in [-0.05, 0) is 50.4 Å². The molecular formula is C11H19N3. The minimum atomic E-state index is 0.915. The lowest BCUT2D eigenvalue weighted by molar-refractivity contribution is 0.361. The molecule has 0 amide bonds. The first-order valence-corrected chi connectivity index (χ1v) is 5.53. The lowest BCUT2D eigenvalue weighted by atomic mass is 9.95. The molecule has 1 aliphatic rings. The maximum absolute atomic E-state index is 3.40. The highest BCUT2D eigenvalue weighted by molar-refractivity contribution is 5.33. The highest BCUT2D eigenvalue weighted by atomic mass is 15.0. The third-order valence-corrected chi connectivity index (χ3v) is 2.92. The number of hydrogen-bond donors (Lipinski definition) is 3. The van der Waals surface area contributed by atoms with E-state index in [2.05, 4.69) is 21.7 Å². The van der Waals surface area contributed by atoms with Gasteiger partial charge in [0.05, 0.1) is 0 Å². The Morgan fingerprint density at radius 3 is 2.93 bits per heavy atom. The van der Waals surface area contributed by atoms with Gasteiger partial charge in [-0.3, -0.25) is 0 Å². The SMILES string of the molecule is c1c[nH]c(NCCC2CCNCC2)c1. The van der Waals surface area contributed by atoms with E-state index in [9.17, 15) is 0 Å². The first-order valence-electron chi connectivity index (χ1n) is 5.53. The van der Waals surface area contributed by atoms with Gasteiger partial charge in [0.1, 0.15) is 5.82 Å². The van der Waals surface area contributed by atoms with E-state index < -0.39 is 0 Å². The number of piperidine rings is 1. The van der Waals surface area contributed by atoms with E-state index in [0.717, 1.165) is 18.3 Å². The Bertz CT molecular complexity index is 237. The predicted octanol–water partition coefficient (Wildman–Crippen LogP) is 1.82. The Morgan fingerprint density at radius 1 is 1.36 bits per heavy atom. The van der Waals surface area contributed by atoms with Crippen LogP contribution >= 0.6 is 0 Å². The van der Waals surface area contributed by atoms with Crippen LogP contribution < -0.4 is 10.6 Å². The second kappa shape index (κ2) is 5.05. The molecule has 1 aliphatic heterocycles. The maximum Gasteiger partial charge on any atom is 0.103 e. The molecule has 0 atom stereocenters. The molecule has 3 N–H and O–H groups in total. The van der Waals surface area contributed by atoms with Crippen molar-refractivity contribution in [1.29, 1.82) is 0 Å². The number of anilines is 1. The average Bonchev–Trinajstić information content (AvgIpc) is 2.72. The smallest absolute Gasteiger partial charge is 0.103 e. The van der Waals surface area contributed by atoms with Gasteiger partial charge in [-0.15, -0.1) is 0 Å². The molecule has 14 heavy (non-hydrogen) atoms. The lowest BCUT2D eigenvalue weighted by Gasteiger charge is -2.22. The fraction of sp³-hybridized carbons (Fsp3) is 0.636. The quantitative estimate of drug-likeness (QED) is 0.682. The number of nitrogens with one attached hydrogen (secondary N) is 3. The number of rotatable bonds is 4. The number of aromatic nitrogens is 1. The van der Waals surface area contributed by atoms with Crippen LogP contribution in [0.2, 0.25) is 0 Å². The van der Waals surface area contributed by atoms with Gasteiger partial charge in [-0.25, -0.2) is 0 Å². The zero-order valence-corrected chi connectivity index (χ0v) is 8.55. The van der Waals surface area contributed by atoms with Crippen LogP contribution in [0.4, 0.5) is 5.82 Å². The van der Waals surface area contributed by atoms with Crippen LogP contribution in [0.3, 0.4) is 0 Å². The van der Waals surface area contributed by atoms with Gasteiger partial charge < -0.3 is 15.6 Å². The summed E-state index contributed by atoms with van der Waals surface area (Å²) < 4.78 is 0.